The third-order valence-electron chi connectivity index (χ3n) is 3.24. The van der Waals surface area contributed by atoms with Crippen LogP contribution in [0.25, 0.3) is 0 Å². The molecule has 0 saturated carbocycles. The first kappa shape index (κ1) is 16.2. The number of carbonyl (C=O) groups excluding carboxylic acids is 2. The first-order chi connectivity index (χ1) is 10.8. The van der Waals surface area contributed by atoms with Crippen LogP contribution in [0.2, 0.25) is 0 Å². The number of rotatable bonds is 3. The monoisotopic (exact) mass is 317 g/mol. The molecule has 8 nitrogen and oxygen atoms in total. The van der Waals surface area contributed by atoms with Crippen molar-refractivity contribution in [1.82, 2.24) is 10.9 Å². The Balaban J connectivity index is 2.15. The predicted molar refractivity (Wildman–Crippen MR) is 80.9 cm³/mol. The van der Waals surface area contributed by atoms with E-state index in [1.165, 1.54) is 31.2 Å². The van der Waals surface area contributed by atoms with E-state index < -0.39 is 16.7 Å². The van der Waals surface area contributed by atoms with Gasteiger partial charge < -0.3 is 4.42 Å². The van der Waals surface area contributed by atoms with Crippen LogP contribution in [-0.2, 0) is 0 Å². The van der Waals surface area contributed by atoms with Crippen molar-refractivity contribution in [2.75, 3.05) is 0 Å². The Morgan fingerprint density at radius 1 is 1.09 bits per heavy atom. The highest BCUT2D eigenvalue weighted by atomic mass is 16.6. The van der Waals surface area contributed by atoms with Gasteiger partial charge in [-0.3, -0.25) is 30.6 Å². The van der Waals surface area contributed by atoms with E-state index in [0.29, 0.717) is 17.1 Å². The van der Waals surface area contributed by atoms with Crippen LogP contribution in [-0.4, -0.2) is 16.7 Å². The van der Waals surface area contributed by atoms with Crippen LogP contribution in [0.4, 0.5) is 5.69 Å². The lowest BCUT2D eigenvalue weighted by atomic mass is 10.1. The fraction of sp³-hybridized carbons (Fsp3) is 0.200. The Morgan fingerprint density at radius 2 is 1.70 bits per heavy atom. The fourth-order valence-corrected chi connectivity index (χ4v) is 2.19. The van der Waals surface area contributed by atoms with Gasteiger partial charge in [0.25, 0.3) is 17.5 Å². The van der Waals surface area contributed by atoms with Gasteiger partial charge in [-0.2, -0.15) is 0 Å². The van der Waals surface area contributed by atoms with Crippen molar-refractivity contribution < 1.29 is 18.9 Å². The van der Waals surface area contributed by atoms with E-state index in [2.05, 4.69) is 10.9 Å². The van der Waals surface area contributed by atoms with Gasteiger partial charge in [-0.05, 0) is 32.9 Å². The predicted octanol–water partition coefficient (Wildman–Crippen LogP) is 2.19. The maximum atomic E-state index is 12.1. The van der Waals surface area contributed by atoms with Gasteiger partial charge in [-0.1, -0.05) is 12.1 Å². The molecule has 120 valence electrons. The number of aryl methyl sites for hydroxylation is 3. The van der Waals surface area contributed by atoms with Gasteiger partial charge in [0.1, 0.15) is 17.1 Å². The van der Waals surface area contributed by atoms with E-state index in [0.717, 1.165) is 0 Å². The molecule has 2 aromatic rings. The standard InChI is InChI=1S/C15H15N3O5/c1-8-5-4-6-11(13(8)18(21)22)14(19)16-17-15(20)12-7-9(2)23-10(12)3/h4-7H,1-3H3,(H,16,19)(H,17,20). The molecule has 0 fully saturated rings. The van der Waals surface area contributed by atoms with Gasteiger partial charge in [0.05, 0.1) is 10.5 Å². The summed E-state index contributed by atoms with van der Waals surface area (Å²) in [6, 6.07) is 5.92. The second-order valence-corrected chi connectivity index (χ2v) is 4.96. The number of nitro benzene ring substituents is 1. The average molecular weight is 317 g/mol. The second kappa shape index (κ2) is 6.30. The van der Waals surface area contributed by atoms with E-state index in [1.54, 1.807) is 13.8 Å². The molecule has 1 heterocycles. The SMILES string of the molecule is Cc1cc(C(=O)NNC(=O)c2cccc(C)c2[N+](=O)[O-])c(C)o1. The minimum atomic E-state index is -0.772. The number of para-hydroxylation sites is 1. The molecule has 23 heavy (non-hydrogen) atoms. The van der Waals surface area contributed by atoms with Gasteiger partial charge in [0.2, 0.25) is 0 Å². The zero-order chi connectivity index (χ0) is 17.1. The molecule has 0 unspecified atom stereocenters. The number of nitro groups is 1. The molecule has 8 heteroatoms. The number of furan rings is 1. The van der Waals surface area contributed by atoms with E-state index >= 15 is 0 Å². The largest absolute Gasteiger partial charge is 0.466 e. The van der Waals surface area contributed by atoms with Crippen molar-refractivity contribution in [1.29, 1.82) is 0 Å². The Hall–Kier alpha value is -3.16. The highest BCUT2D eigenvalue weighted by Gasteiger charge is 2.23. The van der Waals surface area contributed by atoms with Crippen LogP contribution in [0.5, 0.6) is 0 Å². The molecule has 0 aliphatic carbocycles. The smallest absolute Gasteiger partial charge is 0.285 e. The maximum Gasteiger partial charge on any atom is 0.285 e. The molecule has 0 aliphatic rings. The minimum absolute atomic E-state index is 0.129. The molecule has 2 amide bonds. The molecule has 1 aromatic heterocycles. The molecule has 2 N–H and O–H groups in total. The highest BCUT2D eigenvalue weighted by Crippen LogP contribution is 2.22. The van der Waals surface area contributed by atoms with Crippen molar-refractivity contribution >= 4 is 17.5 Å². The summed E-state index contributed by atoms with van der Waals surface area (Å²) in [6.45, 7) is 4.85. The third-order valence-corrected chi connectivity index (χ3v) is 3.24. The summed E-state index contributed by atoms with van der Waals surface area (Å²) in [4.78, 5) is 34.5. The fourth-order valence-electron chi connectivity index (χ4n) is 2.19. The Labute approximate surface area is 131 Å². The van der Waals surface area contributed by atoms with Gasteiger partial charge in [0.15, 0.2) is 0 Å². The maximum absolute atomic E-state index is 12.1. The second-order valence-electron chi connectivity index (χ2n) is 4.96. The zero-order valence-electron chi connectivity index (χ0n) is 12.8. The summed E-state index contributed by atoms with van der Waals surface area (Å²) in [5, 5.41) is 11.1. The normalized spacial score (nSPS) is 10.2. The van der Waals surface area contributed by atoms with E-state index in [9.17, 15) is 19.7 Å². The Kier molecular flexibility index (Phi) is 4.44. The molecule has 1 aromatic carbocycles. The number of hydrogen-bond donors (Lipinski definition) is 2. The van der Waals surface area contributed by atoms with E-state index in [1.807, 2.05) is 0 Å². The number of benzene rings is 1. The van der Waals surface area contributed by atoms with E-state index in [-0.39, 0.29) is 16.8 Å². The van der Waals surface area contributed by atoms with Crippen LogP contribution < -0.4 is 10.9 Å². The summed E-state index contributed by atoms with van der Waals surface area (Å²) < 4.78 is 5.23. The van der Waals surface area contributed by atoms with Crippen LogP contribution in [0.1, 0.15) is 37.8 Å². The lowest BCUT2D eigenvalue weighted by molar-refractivity contribution is -0.385. The molecule has 0 aliphatic heterocycles. The van der Waals surface area contributed by atoms with E-state index in [4.69, 9.17) is 4.42 Å². The lowest BCUT2D eigenvalue weighted by Gasteiger charge is -2.08. The Bertz CT molecular complexity index is 794. The van der Waals surface area contributed by atoms with Crippen molar-refractivity contribution in [2.45, 2.75) is 20.8 Å². The molecule has 0 atom stereocenters. The van der Waals surface area contributed by atoms with Crippen molar-refractivity contribution in [3.05, 3.63) is 62.6 Å². The third kappa shape index (κ3) is 3.37. The number of carbonyl (C=O) groups is 2. The zero-order valence-corrected chi connectivity index (χ0v) is 12.8. The van der Waals surface area contributed by atoms with Crippen LogP contribution in [0.15, 0.2) is 28.7 Å². The summed E-state index contributed by atoms with van der Waals surface area (Å²) in [5.41, 5.74) is 4.60. The van der Waals surface area contributed by atoms with Gasteiger partial charge in [-0.15, -0.1) is 0 Å². The topological polar surface area (TPSA) is 114 Å². The van der Waals surface area contributed by atoms with Crippen molar-refractivity contribution in [3.63, 3.8) is 0 Å². The van der Waals surface area contributed by atoms with Crippen LogP contribution in [0.3, 0.4) is 0 Å². The first-order valence-corrected chi connectivity index (χ1v) is 6.73. The summed E-state index contributed by atoms with van der Waals surface area (Å²) in [7, 11) is 0. The van der Waals surface area contributed by atoms with Crippen molar-refractivity contribution in [2.24, 2.45) is 0 Å². The highest BCUT2D eigenvalue weighted by molar-refractivity contribution is 6.01. The molecule has 0 saturated heterocycles. The molecule has 2 rings (SSSR count). The summed E-state index contributed by atoms with van der Waals surface area (Å²) in [6.07, 6.45) is 0. The van der Waals surface area contributed by atoms with Crippen molar-refractivity contribution in [3.8, 4) is 0 Å². The number of nitrogens with zero attached hydrogens (tertiary/aromatic N) is 1. The number of hydrazine groups is 1. The lowest BCUT2D eigenvalue weighted by Crippen LogP contribution is -2.42. The quantitative estimate of drug-likeness (QED) is 0.665. The van der Waals surface area contributed by atoms with Gasteiger partial charge in [0, 0.05) is 5.56 Å². The number of amides is 2. The average Bonchev–Trinajstić information content (AvgIpc) is 2.82. The molecule has 0 radical (unpaired) electrons. The molecule has 0 spiro atoms. The minimum Gasteiger partial charge on any atom is -0.466 e. The molecule has 0 bridgehead atoms. The van der Waals surface area contributed by atoms with Gasteiger partial charge in [-0.25, -0.2) is 0 Å². The number of hydrogen-bond acceptors (Lipinski definition) is 5. The Morgan fingerprint density at radius 3 is 2.22 bits per heavy atom. The number of nitrogens with one attached hydrogen (secondary N) is 2. The molecular formula is C15H15N3O5. The van der Waals surface area contributed by atoms with Gasteiger partial charge >= 0.3 is 0 Å². The van der Waals surface area contributed by atoms with Crippen LogP contribution >= 0.6 is 0 Å². The van der Waals surface area contributed by atoms with Crippen LogP contribution in [0, 0.1) is 30.9 Å². The summed E-state index contributed by atoms with van der Waals surface area (Å²) in [5.74, 6) is -0.362. The summed E-state index contributed by atoms with van der Waals surface area (Å²) >= 11 is 0. The first-order valence-electron chi connectivity index (χ1n) is 6.73. The molecular weight excluding hydrogens is 302 g/mol.